The van der Waals surface area contributed by atoms with E-state index in [-0.39, 0.29) is 0 Å². The van der Waals surface area contributed by atoms with Gasteiger partial charge in [0.2, 0.25) is 5.88 Å². The number of carbonyl (C=O) groups is 1. The number of ether oxygens (including phenoxy) is 2. The van der Waals surface area contributed by atoms with Gasteiger partial charge in [0.05, 0.1) is 14.2 Å². The molecule has 8 nitrogen and oxygen atoms in total. The molecule has 0 bridgehead atoms. The molecule has 0 saturated carbocycles. The molecule has 0 aliphatic rings. The van der Waals surface area contributed by atoms with Gasteiger partial charge in [-0.05, 0) is 30.1 Å². The van der Waals surface area contributed by atoms with E-state index in [4.69, 9.17) is 15.0 Å². The Morgan fingerprint density at radius 2 is 2.35 bits per heavy atom. The largest absolute Gasteiger partial charge is 0.481 e. The predicted octanol–water partition coefficient (Wildman–Crippen LogP) is 1.59. The van der Waals surface area contributed by atoms with Crippen molar-refractivity contribution in [2.75, 3.05) is 27.3 Å². The van der Waals surface area contributed by atoms with Crippen molar-refractivity contribution in [1.29, 1.82) is 0 Å². The Balaban J connectivity index is 2.67. The van der Waals surface area contributed by atoms with Crippen LogP contribution in [-0.2, 0) is 9.53 Å². The van der Waals surface area contributed by atoms with E-state index < -0.39 is 12.0 Å². The zero-order valence-corrected chi connectivity index (χ0v) is 11.4. The van der Waals surface area contributed by atoms with Gasteiger partial charge >= 0.3 is 5.97 Å². The molecule has 108 valence electrons. The summed E-state index contributed by atoms with van der Waals surface area (Å²) < 4.78 is 9.73. The van der Waals surface area contributed by atoms with E-state index in [1.807, 2.05) is 0 Å². The van der Waals surface area contributed by atoms with E-state index in [0.717, 1.165) is 0 Å². The molecule has 0 amide bonds. The summed E-state index contributed by atoms with van der Waals surface area (Å²) >= 11 is 0. The van der Waals surface area contributed by atoms with Gasteiger partial charge in [0.15, 0.2) is 0 Å². The number of pyridine rings is 1. The number of methoxy groups -OCH3 is 2. The van der Waals surface area contributed by atoms with Crippen molar-refractivity contribution in [3.8, 4) is 5.88 Å². The Labute approximate surface area is 116 Å². The van der Waals surface area contributed by atoms with E-state index >= 15 is 0 Å². The second-order valence-electron chi connectivity index (χ2n) is 3.85. The Morgan fingerprint density at radius 3 is 2.90 bits per heavy atom. The Kier molecular flexibility index (Phi) is 6.88. The molecule has 1 N–H and O–H groups in total. The standard InChI is InChI=1S/C12H17N5O3/c1-19-10-5-4-9(8-15-10)11(12(18)20-2)14-6-3-7-16-17-13/h4-5,8,11,14H,3,6-7H2,1-2H3. The zero-order chi connectivity index (χ0) is 14.8. The van der Waals surface area contributed by atoms with Gasteiger partial charge < -0.3 is 14.8 Å². The van der Waals surface area contributed by atoms with E-state index in [1.54, 1.807) is 18.3 Å². The van der Waals surface area contributed by atoms with Crippen molar-refractivity contribution in [1.82, 2.24) is 10.3 Å². The van der Waals surface area contributed by atoms with E-state index in [9.17, 15) is 4.79 Å². The van der Waals surface area contributed by atoms with Crippen molar-refractivity contribution >= 4 is 5.97 Å². The SMILES string of the molecule is COC(=O)C(NCCCN=[N+]=[N-])c1ccc(OC)nc1. The smallest absolute Gasteiger partial charge is 0.327 e. The number of hydrogen-bond donors (Lipinski definition) is 1. The number of rotatable bonds is 8. The van der Waals surface area contributed by atoms with Crippen LogP contribution in [-0.4, -0.2) is 38.3 Å². The summed E-state index contributed by atoms with van der Waals surface area (Å²) in [5.74, 6) is 0.0708. The Hall–Kier alpha value is -2.31. The summed E-state index contributed by atoms with van der Waals surface area (Å²) in [6.07, 6.45) is 2.18. The van der Waals surface area contributed by atoms with Crippen molar-refractivity contribution < 1.29 is 14.3 Å². The highest BCUT2D eigenvalue weighted by atomic mass is 16.5. The molecule has 0 radical (unpaired) electrons. The average Bonchev–Trinajstić information content (AvgIpc) is 2.50. The first kappa shape index (κ1) is 15.7. The maximum Gasteiger partial charge on any atom is 0.327 e. The van der Waals surface area contributed by atoms with Gasteiger partial charge in [-0.1, -0.05) is 5.11 Å². The van der Waals surface area contributed by atoms with Crippen molar-refractivity contribution in [3.05, 3.63) is 34.3 Å². The van der Waals surface area contributed by atoms with Crippen LogP contribution in [0.3, 0.4) is 0 Å². The van der Waals surface area contributed by atoms with Gasteiger partial charge in [-0.3, -0.25) is 0 Å². The zero-order valence-electron chi connectivity index (χ0n) is 11.4. The number of esters is 1. The van der Waals surface area contributed by atoms with Crippen LogP contribution < -0.4 is 10.1 Å². The molecule has 0 fully saturated rings. The van der Waals surface area contributed by atoms with Crippen LogP contribution in [0.4, 0.5) is 0 Å². The van der Waals surface area contributed by atoms with E-state index in [1.165, 1.54) is 14.2 Å². The van der Waals surface area contributed by atoms with E-state index in [0.29, 0.717) is 31.0 Å². The maximum atomic E-state index is 11.8. The molecule has 0 spiro atoms. The van der Waals surface area contributed by atoms with Crippen molar-refractivity contribution in [3.63, 3.8) is 0 Å². The molecular weight excluding hydrogens is 262 g/mol. The predicted molar refractivity (Wildman–Crippen MR) is 72.2 cm³/mol. The first-order chi connectivity index (χ1) is 9.72. The maximum absolute atomic E-state index is 11.8. The molecule has 1 atom stereocenters. The molecule has 0 saturated heterocycles. The quantitative estimate of drug-likeness (QED) is 0.255. The van der Waals surface area contributed by atoms with Crippen LogP contribution >= 0.6 is 0 Å². The van der Waals surface area contributed by atoms with Gasteiger partial charge in [-0.25, -0.2) is 9.78 Å². The number of hydrogen-bond acceptors (Lipinski definition) is 6. The molecule has 8 heteroatoms. The van der Waals surface area contributed by atoms with Crippen LogP contribution in [0.25, 0.3) is 10.4 Å². The summed E-state index contributed by atoms with van der Waals surface area (Å²) in [7, 11) is 2.85. The molecule has 0 aliphatic heterocycles. The number of nitrogens with one attached hydrogen (secondary N) is 1. The third kappa shape index (κ3) is 4.75. The molecule has 1 heterocycles. The summed E-state index contributed by atoms with van der Waals surface area (Å²) in [5.41, 5.74) is 8.85. The summed E-state index contributed by atoms with van der Waals surface area (Å²) in [6, 6.07) is 2.81. The fourth-order valence-corrected chi connectivity index (χ4v) is 1.58. The van der Waals surface area contributed by atoms with Crippen LogP contribution in [0.15, 0.2) is 23.4 Å². The second kappa shape index (κ2) is 8.73. The first-order valence-corrected chi connectivity index (χ1v) is 6.05. The third-order valence-electron chi connectivity index (χ3n) is 2.59. The van der Waals surface area contributed by atoms with Crippen LogP contribution in [0.5, 0.6) is 5.88 Å². The highest BCUT2D eigenvalue weighted by molar-refractivity contribution is 5.77. The highest BCUT2D eigenvalue weighted by Gasteiger charge is 2.20. The van der Waals surface area contributed by atoms with Gasteiger partial charge in [0, 0.05) is 23.7 Å². The van der Waals surface area contributed by atoms with Gasteiger partial charge in [-0.2, -0.15) is 0 Å². The fraction of sp³-hybridized carbons (Fsp3) is 0.500. The number of carbonyl (C=O) groups excluding carboxylic acids is 1. The summed E-state index contributed by atoms with van der Waals surface area (Å²) in [5, 5.41) is 6.47. The minimum atomic E-state index is -0.607. The molecule has 20 heavy (non-hydrogen) atoms. The number of azide groups is 1. The molecule has 1 aromatic heterocycles. The molecule has 0 aromatic carbocycles. The molecule has 1 rings (SSSR count). The molecule has 1 aromatic rings. The van der Waals surface area contributed by atoms with Gasteiger partial charge in [-0.15, -0.1) is 0 Å². The minimum Gasteiger partial charge on any atom is -0.481 e. The lowest BCUT2D eigenvalue weighted by molar-refractivity contribution is -0.143. The molecule has 0 aliphatic carbocycles. The van der Waals surface area contributed by atoms with Crippen molar-refractivity contribution in [2.45, 2.75) is 12.5 Å². The lowest BCUT2D eigenvalue weighted by atomic mass is 10.1. The first-order valence-electron chi connectivity index (χ1n) is 6.05. The normalized spacial score (nSPS) is 11.3. The van der Waals surface area contributed by atoms with Crippen molar-refractivity contribution in [2.24, 2.45) is 5.11 Å². The Morgan fingerprint density at radius 1 is 1.55 bits per heavy atom. The topological polar surface area (TPSA) is 109 Å². The van der Waals surface area contributed by atoms with Gasteiger partial charge in [0.25, 0.3) is 0 Å². The van der Waals surface area contributed by atoms with Crippen LogP contribution in [0, 0.1) is 0 Å². The average molecular weight is 279 g/mol. The summed E-state index contributed by atoms with van der Waals surface area (Å²) in [4.78, 5) is 18.5. The molecular formula is C12H17N5O3. The third-order valence-corrected chi connectivity index (χ3v) is 2.59. The highest BCUT2D eigenvalue weighted by Crippen LogP contribution is 2.16. The number of aromatic nitrogens is 1. The van der Waals surface area contributed by atoms with Crippen LogP contribution in [0.1, 0.15) is 18.0 Å². The number of nitrogens with zero attached hydrogens (tertiary/aromatic N) is 4. The van der Waals surface area contributed by atoms with Gasteiger partial charge in [0.1, 0.15) is 6.04 Å². The van der Waals surface area contributed by atoms with Crippen LogP contribution in [0.2, 0.25) is 0 Å². The lowest BCUT2D eigenvalue weighted by Gasteiger charge is -2.16. The second-order valence-corrected chi connectivity index (χ2v) is 3.85. The molecule has 1 unspecified atom stereocenters. The summed E-state index contributed by atoms with van der Waals surface area (Å²) in [6.45, 7) is 0.892. The minimum absolute atomic E-state index is 0.373. The Bertz CT molecular complexity index is 470. The fourth-order valence-electron chi connectivity index (χ4n) is 1.58. The van der Waals surface area contributed by atoms with E-state index in [2.05, 4.69) is 20.3 Å². The lowest BCUT2D eigenvalue weighted by Crippen LogP contribution is -2.30. The monoisotopic (exact) mass is 279 g/mol.